The number of halogens is 1. The van der Waals surface area contributed by atoms with E-state index in [2.05, 4.69) is 6.58 Å². The standard InChI is InChI=1S/C28H25FO4/c1-2-21-6-15-25(16-7-21)32-20-4-3-5-28(31)33-26-17-8-22(9-18-26)10-19-27(30)23-11-13-24(29)14-12-23/h2,6-19H,1,3-5,20H2. The Morgan fingerprint density at radius 1 is 0.818 bits per heavy atom. The van der Waals surface area contributed by atoms with Crippen LogP contribution in [0.5, 0.6) is 11.5 Å². The quantitative estimate of drug-likeness (QED) is 0.111. The Morgan fingerprint density at radius 3 is 2.12 bits per heavy atom. The average molecular weight is 445 g/mol. The molecule has 0 atom stereocenters. The molecule has 0 fully saturated rings. The van der Waals surface area contributed by atoms with E-state index in [0.717, 1.165) is 23.3 Å². The van der Waals surface area contributed by atoms with E-state index < -0.39 is 0 Å². The molecule has 0 heterocycles. The number of hydrogen-bond acceptors (Lipinski definition) is 4. The van der Waals surface area contributed by atoms with Crippen LogP contribution < -0.4 is 9.47 Å². The summed E-state index contributed by atoms with van der Waals surface area (Å²) in [7, 11) is 0. The average Bonchev–Trinajstić information content (AvgIpc) is 2.84. The molecule has 0 aliphatic carbocycles. The highest BCUT2D eigenvalue weighted by molar-refractivity contribution is 6.06. The Bertz CT molecular complexity index is 1100. The summed E-state index contributed by atoms with van der Waals surface area (Å²) < 4.78 is 24.0. The fraction of sp³-hybridized carbons (Fsp3) is 0.143. The zero-order valence-electron chi connectivity index (χ0n) is 18.2. The maximum atomic E-state index is 12.9. The van der Waals surface area contributed by atoms with Gasteiger partial charge in [0.25, 0.3) is 0 Å². The zero-order valence-corrected chi connectivity index (χ0v) is 18.2. The summed E-state index contributed by atoms with van der Waals surface area (Å²) >= 11 is 0. The van der Waals surface area contributed by atoms with Crippen LogP contribution in [-0.2, 0) is 4.79 Å². The van der Waals surface area contributed by atoms with Crippen LogP contribution in [0, 0.1) is 5.82 Å². The van der Waals surface area contributed by atoms with Gasteiger partial charge in [-0.05, 0) is 78.6 Å². The Hall–Kier alpha value is -3.99. The minimum Gasteiger partial charge on any atom is -0.494 e. The van der Waals surface area contributed by atoms with E-state index >= 15 is 0 Å². The van der Waals surface area contributed by atoms with Crippen molar-refractivity contribution in [2.75, 3.05) is 6.61 Å². The molecule has 33 heavy (non-hydrogen) atoms. The molecular formula is C28H25FO4. The lowest BCUT2D eigenvalue weighted by Crippen LogP contribution is -2.08. The fourth-order valence-corrected chi connectivity index (χ4v) is 2.97. The summed E-state index contributed by atoms with van der Waals surface area (Å²) in [5, 5.41) is 0. The van der Waals surface area contributed by atoms with Crippen molar-refractivity contribution < 1.29 is 23.5 Å². The Kier molecular flexibility index (Phi) is 8.71. The number of ether oxygens (including phenoxy) is 2. The van der Waals surface area contributed by atoms with Crippen LogP contribution in [-0.4, -0.2) is 18.4 Å². The van der Waals surface area contributed by atoms with Gasteiger partial charge in [-0.3, -0.25) is 9.59 Å². The predicted molar refractivity (Wildman–Crippen MR) is 128 cm³/mol. The monoisotopic (exact) mass is 444 g/mol. The zero-order chi connectivity index (χ0) is 23.5. The number of ketones is 1. The number of hydrogen-bond donors (Lipinski definition) is 0. The molecule has 0 spiro atoms. The van der Waals surface area contributed by atoms with Crippen LogP contribution in [0.15, 0.2) is 85.5 Å². The molecule has 0 aliphatic rings. The van der Waals surface area contributed by atoms with Crippen molar-refractivity contribution in [3.63, 3.8) is 0 Å². The third kappa shape index (κ3) is 7.89. The summed E-state index contributed by atoms with van der Waals surface area (Å²) in [4.78, 5) is 24.1. The molecular weight excluding hydrogens is 419 g/mol. The van der Waals surface area contributed by atoms with Crippen molar-refractivity contribution in [3.8, 4) is 11.5 Å². The third-order valence-electron chi connectivity index (χ3n) is 4.83. The summed E-state index contributed by atoms with van der Waals surface area (Å²) in [6, 6.07) is 19.9. The molecule has 0 saturated carbocycles. The van der Waals surface area contributed by atoms with Crippen molar-refractivity contribution in [1.29, 1.82) is 0 Å². The molecule has 0 unspecified atom stereocenters. The largest absolute Gasteiger partial charge is 0.494 e. The lowest BCUT2D eigenvalue weighted by molar-refractivity contribution is -0.134. The van der Waals surface area contributed by atoms with Gasteiger partial charge in [0.1, 0.15) is 17.3 Å². The van der Waals surface area contributed by atoms with Crippen molar-refractivity contribution in [2.45, 2.75) is 19.3 Å². The molecule has 0 radical (unpaired) electrons. The minimum atomic E-state index is -0.385. The number of unbranched alkanes of at least 4 members (excludes halogenated alkanes) is 1. The highest BCUT2D eigenvalue weighted by atomic mass is 19.1. The number of carbonyl (C=O) groups is 2. The second kappa shape index (κ2) is 12.2. The smallest absolute Gasteiger partial charge is 0.311 e. The first-order valence-corrected chi connectivity index (χ1v) is 10.7. The van der Waals surface area contributed by atoms with Crippen molar-refractivity contribution in [2.24, 2.45) is 0 Å². The first-order valence-electron chi connectivity index (χ1n) is 10.7. The Morgan fingerprint density at radius 2 is 1.45 bits per heavy atom. The van der Waals surface area contributed by atoms with Gasteiger partial charge in [0.15, 0.2) is 5.78 Å². The van der Waals surface area contributed by atoms with E-state index in [1.165, 1.54) is 30.3 Å². The van der Waals surface area contributed by atoms with Crippen molar-refractivity contribution >= 4 is 23.9 Å². The van der Waals surface area contributed by atoms with Gasteiger partial charge in [-0.2, -0.15) is 0 Å². The Balaban J connectivity index is 1.37. The maximum Gasteiger partial charge on any atom is 0.311 e. The fourth-order valence-electron chi connectivity index (χ4n) is 2.97. The van der Waals surface area contributed by atoms with Gasteiger partial charge in [-0.25, -0.2) is 4.39 Å². The summed E-state index contributed by atoms with van der Waals surface area (Å²) in [6.45, 7) is 4.24. The SMILES string of the molecule is C=Cc1ccc(OCCCCC(=O)Oc2ccc(C=CC(=O)c3ccc(F)cc3)cc2)cc1. The van der Waals surface area contributed by atoms with Gasteiger partial charge < -0.3 is 9.47 Å². The van der Waals surface area contributed by atoms with E-state index in [9.17, 15) is 14.0 Å². The van der Waals surface area contributed by atoms with E-state index in [1.54, 1.807) is 36.4 Å². The molecule has 0 bridgehead atoms. The molecule has 168 valence electrons. The molecule has 3 rings (SSSR count). The van der Waals surface area contributed by atoms with E-state index in [0.29, 0.717) is 30.8 Å². The van der Waals surface area contributed by atoms with Gasteiger partial charge in [0, 0.05) is 12.0 Å². The number of esters is 1. The van der Waals surface area contributed by atoms with Crippen molar-refractivity contribution in [3.05, 3.63) is 108 Å². The van der Waals surface area contributed by atoms with Crippen LogP contribution in [0.4, 0.5) is 4.39 Å². The number of carbonyl (C=O) groups excluding carboxylic acids is 2. The van der Waals surface area contributed by atoms with Crippen LogP contribution >= 0.6 is 0 Å². The first-order chi connectivity index (χ1) is 16.0. The maximum absolute atomic E-state index is 12.9. The number of benzene rings is 3. The second-order valence-corrected chi connectivity index (χ2v) is 7.33. The molecule has 0 amide bonds. The summed E-state index contributed by atoms with van der Waals surface area (Å²) in [5.74, 6) is 0.323. The van der Waals surface area contributed by atoms with Gasteiger partial charge in [0.2, 0.25) is 0 Å². The number of rotatable bonds is 11. The van der Waals surface area contributed by atoms with Gasteiger partial charge in [-0.1, -0.05) is 43.0 Å². The highest BCUT2D eigenvalue weighted by Crippen LogP contribution is 2.16. The molecule has 5 heteroatoms. The molecule has 3 aromatic rings. The molecule has 0 saturated heterocycles. The molecule has 0 N–H and O–H groups in total. The van der Waals surface area contributed by atoms with Gasteiger partial charge in [0.05, 0.1) is 6.61 Å². The molecule has 0 aromatic heterocycles. The minimum absolute atomic E-state index is 0.219. The van der Waals surface area contributed by atoms with Crippen LogP contribution in [0.3, 0.4) is 0 Å². The second-order valence-electron chi connectivity index (χ2n) is 7.33. The lowest BCUT2D eigenvalue weighted by atomic mass is 10.1. The van der Waals surface area contributed by atoms with E-state index in [4.69, 9.17) is 9.47 Å². The van der Waals surface area contributed by atoms with Gasteiger partial charge >= 0.3 is 5.97 Å². The van der Waals surface area contributed by atoms with Crippen LogP contribution in [0.25, 0.3) is 12.2 Å². The van der Waals surface area contributed by atoms with Gasteiger partial charge in [-0.15, -0.1) is 0 Å². The van der Waals surface area contributed by atoms with E-state index in [-0.39, 0.29) is 17.6 Å². The topological polar surface area (TPSA) is 52.6 Å². The predicted octanol–water partition coefficient (Wildman–Crippen LogP) is 6.52. The molecule has 0 aliphatic heterocycles. The first kappa shape index (κ1) is 23.7. The van der Waals surface area contributed by atoms with Crippen molar-refractivity contribution in [1.82, 2.24) is 0 Å². The lowest BCUT2D eigenvalue weighted by Gasteiger charge is -2.07. The normalized spacial score (nSPS) is 10.7. The van der Waals surface area contributed by atoms with E-state index in [1.807, 2.05) is 24.3 Å². The molecule has 4 nitrogen and oxygen atoms in total. The Labute approximate surface area is 193 Å². The van der Waals surface area contributed by atoms with Crippen LogP contribution in [0.2, 0.25) is 0 Å². The third-order valence-corrected chi connectivity index (χ3v) is 4.83. The number of allylic oxidation sites excluding steroid dienone is 1. The molecule has 3 aromatic carbocycles. The summed E-state index contributed by atoms with van der Waals surface area (Å²) in [5.41, 5.74) is 2.23. The summed E-state index contributed by atoms with van der Waals surface area (Å²) in [6.07, 6.45) is 6.55. The van der Waals surface area contributed by atoms with Crippen LogP contribution in [0.1, 0.15) is 40.7 Å². The highest BCUT2D eigenvalue weighted by Gasteiger charge is 2.06.